The summed E-state index contributed by atoms with van der Waals surface area (Å²) in [5, 5.41) is 7.10. The molecule has 3 aromatic rings. The van der Waals surface area contributed by atoms with Crippen LogP contribution in [0, 0.1) is 6.92 Å². The third-order valence-corrected chi connectivity index (χ3v) is 3.53. The topological polar surface area (TPSA) is 59.8 Å². The zero-order chi connectivity index (χ0) is 16.9. The van der Waals surface area contributed by atoms with Crippen molar-refractivity contribution in [2.75, 3.05) is 6.54 Å². The highest BCUT2D eigenvalue weighted by Gasteiger charge is 2.18. The molecule has 0 aliphatic rings. The van der Waals surface area contributed by atoms with Crippen LogP contribution in [0.2, 0.25) is 0 Å². The first-order valence-electron chi connectivity index (χ1n) is 7.67. The maximum atomic E-state index is 12.2. The standard InChI is InChI=1S/C19H18N4O/c1-3-13-20-19(24)17-21-18(15-7-5-4-6-8-15)23(22-17)16-11-9-14(2)10-12-16/h3-12H,1,13H2,2H3,(H,20,24). The highest BCUT2D eigenvalue weighted by Crippen LogP contribution is 2.21. The van der Waals surface area contributed by atoms with E-state index >= 15 is 0 Å². The highest BCUT2D eigenvalue weighted by molar-refractivity contribution is 5.91. The largest absolute Gasteiger partial charge is 0.346 e. The lowest BCUT2D eigenvalue weighted by Gasteiger charge is -2.06. The number of rotatable bonds is 5. The summed E-state index contributed by atoms with van der Waals surface area (Å²) in [7, 11) is 0. The lowest BCUT2D eigenvalue weighted by molar-refractivity contribution is 0.0948. The predicted molar refractivity (Wildman–Crippen MR) is 94.1 cm³/mol. The molecule has 1 amide bonds. The van der Waals surface area contributed by atoms with Gasteiger partial charge >= 0.3 is 0 Å². The maximum absolute atomic E-state index is 12.2. The molecule has 0 unspecified atom stereocenters. The number of benzene rings is 2. The van der Waals surface area contributed by atoms with Crippen LogP contribution in [-0.4, -0.2) is 27.2 Å². The van der Waals surface area contributed by atoms with Gasteiger partial charge in [-0.1, -0.05) is 54.1 Å². The number of hydrogen-bond donors (Lipinski definition) is 1. The van der Waals surface area contributed by atoms with Gasteiger partial charge in [-0.15, -0.1) is 11.7 Å². The third kappa shape index (κ3) is 3.25. The van der Waals surface area contributed by atoms with Crippen molar-refractivity contribution in [3.63, 3.8) is 0 Å². The number of amides is 1. The fraction of sp³-hybridized carbons (Fsp3) is 0.105. The van der Waals surface area contributed by atoms with Gasteiger partial charge in [-0.05, 0) is 19.1 Å². The van der Waals surface area contributed by atoms with Gasteiger partial charge in [0.1, 0.15) is 0 Å². The summed E-state index contributed by atoms with van der Waals surface area (Å²) < 4.78 is 1.69. The Balaban J connectivity index is 2.08. The summed E-state index contributed by atoms with van der Waals surface area (Å²) in [6.07, 6.45) is 1.62. The molecule has 0 saturated carbocycles. The van der Waals surface area contributed by atoms with E-state index in [-0.39, 0.29) is 11.7 Å². The van der Waals surface area contributed by atoms with E-state index in [9.17, 15) is 4.79 Å². The van der Waals surface area contributed by atoms with Crippen molar-refractivity contribution in [1.29, 1.82) is 0 Å². The van der Waals surface area contributed by atoms with Crippen molar-refractivity contribution < 1.29 is 4.79 Å². The van der Waals surface area contributed by atoms with Gasteiger partial charge < -0.3 is 5.32 Å². The molecule has 1 heterocycles. The molecule has 0 spiro atoms. The number of carbonyl (C=O) groups is 1. The van der Waals surface area contributed by atoms with Gasteiger partial charge in [0.25, 0.3) is 5.91 Å². The van der Waals surface area contributed by atoms with Gasteiger partial charge in [-0.2, -0.15) is 0 Å². The Morgan fingerprint density at radius 2 is 1.88 bits per heavy atom. The Morgan fingerprint density at radius 3 is 2.54 bits per heavy atom. The van der Waals surface area contributed by atoms with Crippen LogP contribution in [-0.2, 0) is 0 Å². The molecular formula is C19H18N4O. The minimum Gasteiger partial charge on any atom is -0.346 e. The van der Waals surface area contributed by atoms with Crippen LogP contribution in [0.5, 0.6) is 0 Å². The molecule has 0 fully saturated rings. The molecule has 0 bridgehead atoms. The molecule has 0 saturated heterocycles. The molecule has 1 N–H and O–H groups in total. The lowest BCUT2D eigenvalue weighted by atomic mass is 10.2. The number of aryl methyl sites for hydroxylation is 1. The lowest BCUT2D eigenvalue weighted by Crippen LogP contribution is -2.24. The average Bonchev–Trinajstić information content (AvgIpc) is 3.06. The Labute approximate surface area is 140 Å². The molecule has 0 aliphatic carbocycles. The van der Waals surface area contributed by atoms with Crippen molar-refractivity contribution in [2.45, 2.75) is 6.92 Å². The summed E-state index contributed by atoms with van der Waals surface area (Å²) in [6, 6.07) is 17.6. The first-order chi connectivity index (χ1) is 11.7. The van der Waals surface area contributed by atoms with Gasteiger partial charge in [0.05, 0.1) is 5.69 Å². The van der Waals surface area contributed by atoms with Crippen molar-refractivity contribution in [2.24, 2.45) is 0 Å². The molecule has 120 valence electrons. The zero-order valence-electron chi connectivity index (χ0n) is 13.4. The zero-order valence-corrected chi connectivity index (χ0v) is 13.4. The van der Waals surface area contributed by atoms with Crippen LogP contribution in [0.3, 0.4) is 0 Å². The maximum Gasteiger partial charge on any atom is 0.291 e. The van der Waals surface area contributed by atoms with E-state index in [4.69, 9.17) is 0 Å². The number of carbonyl (C=O) groups excluding carboxylic acids is 1. The van der Waals surface area contributed by atoms with Gasteiger partial charge in [0, 0.05) is 12.1 Å². The highest BCUT2D eigenvalue weighted by atomic mass is 16.2. The Kier molecular flexibility index (Phi) is 4.52. The third-order valence-electron chi connectivity index (χ3n) is 3.53. The molecule has 24 heavy (non-hydrogen) atoms. The molecule has 5 nitrogen and oxygen atoms in total. The fourth-order valence-corrected chi connectivity index (χ4v) is 2.29. The second kappa shape index (κ2) is 6.91. The average molecular weight is 318 g/mol. The summed E-state index contributed by atoms with van der Waals surface area (Å²) in [5.41, 5.74) is 2.91. The fourth-order valence-electron chi connectivity index (χ4n) is 2.29. The van der Waals surface area contributed by atoms with Crippen molar-refractivity contribution in [3.05, 3.63) is 78.6 Å². The molecule has 0 atom stereocenters. The smallest absolute Gasteiger partial charge is 0.291 e. The molecule has 1 aromatic heterocycles. The van der Waals surface area contributed by atoms with Crippen molar-refractivity contribution in [1.82, 2.24) is 20.1 Å². The first-order valence-corrected chi connectivity index (χ1v) is 7.67. The van der Waals surface area contributed by atoms with E-state index < -0.39 is 0 Å². The monoisotopic (exact) mass is 318 g/mol. The Morgan fingerprint density at radius 1 is 1.17 bits per heavy atom. The molecule has 0 radical (unpaired) electrons. The van der Waals surface area contributed by atoms with E-state index in [2.05, 4.69) is 22.0 Å². The van der Waals surface area contributed by atoms with E-state index in [1.807, 2.05) is 61.5 Å². The Hall–Kier alpha value is -3.21. The van der Waals surface area contributed by atoms with Crippen molar-refractivity contribution >= 4 is 5.91 Å². The minimum absolute atomic E-state index is 0.135. The predicted octanol–water partition coefficient (Wildman–Crippen LogP) is 3.16. The summed E-state index contributed by atoms with van der Waals surface area (Å²) in [6.45, 7) is 5.99. The number of hydrogen-bond acceptors (Lipinski definition) is 3. The van der Waals surface area contributed by atoms with E-state index in [1.165, 1.54) is 0 Å². The van der Waals surface area contributed by atoms with Crippen molar-refractivity contribution in [3.8, 4) is 17.1 Å². The summed E-state index contributed by atoms with van der Waals surface area (Å²) >= 11 is 0. The van der Waals surface area contributed by atoms with Crippen LogP contribution in [0.15, 0.2) is 67.3 Å². The summed E-state index contributed by atoms with van der Waals surface area (Å²) in [4.78, 5) is 16.6. The van der Waals surface area contributed by atoms with E-state index in [0.717, 1.165) is 16.8 Å². The second-order valence-corrected chi connectivity index (χ2v) is 5.37. The number of nitrogens with zero attached hydrogens (tertiary/aromatic N) is 3. The first kappa shape index (κ1) is 15.7. The van der Waals surface area contributed by atoms with Crippen LogP contribution in [0.25, 0.3) is 17.1 Å². The van der Waals surface area contributed by atoms with Crippen LogP contribution in [0.1, 0.15) is 16.2 Å². The molecule has 0 aliphatic heterocycles. The normalized spacial score (nSPS) is 10.4. The SMILES string of the molecule is C=CCNC(=O)c1nc(-c2ccccc2)n(-c2ccc(C)cc2)n1. The van der Waals surface area contributed by atoms with Crippen LogP contribution >= 0.6 is 0 Å². The van der Waals surface area contributed by atoms with E-state index in [0.29, 0.717) is 12.4 Å². The molecule has 5 heteroatoms. The van der Waals surface area contributed by atoms with Gasteiger partial charge in [-0.3, -0.25) is 4.79 Å². The van der Waals surface area contributed by atoms with Gasteiger partial charge in [0.2, 0.25) is 5.82 Å². The number of nitrogens with one attached hydrogen (secondary N) is 1. The summed E-state index contributed by atoms with van der Waals surface area (Å²) in [5.74, 6) is 0.442. The molecule has 2 aromatic carbocycles. The van der Waals surface area contributed by atoms with E-state index in [1.54, 1.807) is 10.8 Å². The molecule has 3 rings (SSSR count). The molecular weight excluding hydrogens is 300 g/mol. The number of aromatic nitrogens is 3. The van der Waals surface area contributed by atoms with Crippen LogP contribution in [0.4, 0.5) is 0 Å². The van der Waals surface area contributed by atoms with Crippen LogP contribution < -0.4 is 5.32 Å². The second-order valence-electron chi connectivity index (χ2n) is 5.37. The Bertz CT molecular complexity index is 851. The van der Waals surface area contributed by atoms with Gasteiger partial charge in [-0.25, -0.2) is 9.67 Å². The quantitative estimate of drug-likeness (QED) is 0.735. The van der Waals surface area contributed by atoms with Gasteiger partial charge in [0.15, 0.2) is 5.82 Å². The minimum atomic E-state index is -0.321.